The van der Waals surface area contributed by atoms with Crippen LogP contribution >= 0.6 is 0 Å². The predicted molar refractivity (Wildman–Crippen MR) is 138 cm³/mol. The molecule has 0 spiro atoms. The lowest BCUT2D eigenvalue weighted by molar-refractivity contribution is 0.0602. The number of esters is 1. The van der Waals surface area contributed by atoms with Gasteiger partial charge in [0.05, 0.1) is 34.9 Å². The van der Waals surface area contributed by atoms with Crippen LogP contribution in [0.3, 0.4) is 0 Å². The highest BCUT2D eigenvalue weighted by Gasteiger charge is 2.28. The standard InChI is InChI=1S/C26H27N5O5S/c1-36-26(33)20-4-2-3-5-21(20)29-25-24-22(10-13-27-24)28-23(30-25)16-17-6-8-19(9-7-17)37(34,35)31-14-11-18(32)12-15-31/h2-10,13,18,27,32H,11-12,14-16H2,1H3,(H,28,29,30). The van der Waals surface area contributed by atoms with Crippen LogP contribution in [0.25, 0.3) is 11.0 Å². The lowest BCUT2D eigenvalue weighted by atomic mass is 10.1. The van der Waals surface area contributed by atoms with Gasteiger partial charge in [0.15, 0.2) is 5.82 Å². The van der Waals surface area contributed by atoms with Crippen LogP contribution in [0.4, 0.5) is 11.5 Å². The SMILES string of the molecule is COC(=O)c1ccccc1Nc1nc(Cc2ccc(S(=O)(=O)N3CCC(O)CC3)cc2)nc2cc[nH]c12. The number of rotatable bonds is 7. The number of fused-ring (bicyclic) bond motifs is 1. The zero-order chi connectivity index (χ0) is 26.0. The lowest BCUT2D eigenvalue weighted by Gasteiger charge is -2.28. The second-order valence-electron chi connectivity index (χ2n) is 8.84. The summed E-state index contributed by atoms with van der Waals surface area (Å²) in [5.41, 5.74) is 3.18. The van der Waals surface area contributed by atoms with E-state index in [9.17, 15) is 18.3 Å². The quantitative estimate of drug-likeness (QED) is 0.315. The third-order valence-electron chi connectivity index (χ3n) is 6.38. The van der Waals surface area contributed by atoms with E-state index in [1.807, 2.05) is 12.1 Å². The maximum Gasteiger partial charge on any atom is 0.339 e. The van der Waals surface area contributed by atoms with Gasteiger partial charge in [-0.1, -0.05) is 24.3 Å². The van der Waals surface area contributed by atoms with E-state index in [0.29, 0.717) is 66.3 Å². The molecule has 0 atom stereocenters. The van der Waals surface area contributed by atoms with Crippen molar-refractivity contribution in [1.29, 1.82) is 0 Å². The number of carbonyl (C=O) groups is 1. The van der Waals surface area contributed by atoms with Gasteiger partial charge in [-0.25, -0.2) is 23.2 Å². The molecule has 10 nitrogen and oxygen atoms in total. The highest BCUT2D eigenvalue weighted by atomic mass is 32.2. The first kappa shape index (κ1) is 24.9. The van der Waals surface area contributed by atoms with Crippen LogP contribution in [0, 0.1) is 0 Å². The van der Waals surface area contributed by atoms with E-state index in [4.69, 9.17) is 4.74 Å². The summed E-state index contributed by atoms with van der Waals surface area (Å²) in [7, 11) is -2.28. The Balaban J connectivity index is 1.39. The third kappa shape index (κ3) is 5.19. The summed E-state index contributed by atoms with van der Waals surface area (Å²) >= 11 is 0. The molecule has 0 saturated carbocycles. The molecule has 37 heavy (non-hydrogen) atoms. The van der Waals surface area contributed by atoms with Crippen LogP contribution in [0.15, 0.2) is 65.7 Å². The van der Waals surface area contributed by atoms with E-state index in [0.717, 1.165) is 5.56 Å². The van der Waals surface area contributed by atoms with Crippen molar-refractivity contribution in [3.63, 3.8) is 0 Å². The van der Waals surface area contributed by atoms with E-state index < -0.39 is 22.1 Å². The summed E-state index contributed by atoms with van der Waals surface area (Å²) in [6.45, 7) is 0.620. The molecule has 3 heterocycles. The van der Waals surface area contributed by atoms with Crippen LogP contribution in [0.2, 0.25) is 0 Å². The highest BCUT2D eigenvalue weighted by Crippen LogP contribution is 2.27. The lowest BCUT2D eigenvalue weighted by Crippen LogP contribution is -2.39. The highest BCUT2D eigenvalue weighted by molar-refractivity contribution is 7.89. The number of sulfonamides is 1. The maximum atomic E-state index is 13.0. The van der Waals surface area contributed by atoms with Gasteiger partial charge in [-0.05, 0) is 48.7 Å². The number of aromatic amines is 1. The first-order valence-corrected chi connectivity index (χ1v) is 13.3. The summed E-state index contributed by atoms with van der Waals surface area (Å²) in [6, 6.07) is 15.5. The van der Waals surface area contributed by atoms with E-state index in [2.05, 4.69) is 20.3 Å². The van der Waals surface area contributed by atoms with Crippen molar-refractivity contribution in [3.8, 4) is 0 Å². The monoisotopic (exact) mass is 521 g/mol. The Bertz CT molecular complexity index is 1530. The Morgan fingerprint density at radius 2 is 1.84 bits per heavy atom. The van der Waals surface area contributed by atoms with Gasteiger partial charge in [0, 0.05) is 25.7 Å². The van der Waals surface area contributed by atoms with Gasteiger partial charge in [-0.3, -0.25) is 0 Å². The fourth-order valence-corrected chi connectivity index (χ4v) is 5.83. The number of benzene rings is 2. The predicted octanol–water partition coefficient (Wildman–Crippen LogP) is 3.22. The molecule has 1 aliphatic heterocycles. The Hall–Kier alpha value is -3.80. The number of aromatic nitrogens is 3. The summed E-state index contributed by atoms with van der Waals surface area (Å²) in [6.07, 6.45) is 2.58. The van der Waals surface area contributed by atoms with Gasteiger partial charge in [0.25, 0.3) is 0 Å². The van der Waals surface area contributed by atoms with Crippen molar-refractivity contribution in [2.45, 2.75) is 30.3 Å². The molecule has 1 fully saturated rings. The summed E-state index contributed by atoms with van der Waals surface area (Å²) in [5.74, 6) is 0.578. The molecule has 1 saturated heterocycles. The molecule has 0 amide bonds. The van der Waals surface area contributed by atoms with E-state index in [-0.39, 0.29) is 4.90 Å². The third-order valence-corrected chi connectivity index (χ3v) is 8.30. The molecule has 2 aromatic carbocycles. The summed E-state index contributed by atoms with van der Waals surface area (Å²) < 4.78 is 32.3. The second-order valence-corrected chi connectivity index (χ2v) is 10.8. The number of para-hydroxylation sites is 1. The van der Waals surface area contributed by atoms with Crippen LogP contribution in [-0.2, 0) is 21.2 Å². The molecule has 2 aromatic heterocycles. The first-order valence-electron chi connectivity index (χ1n) is 11.9. The first-order chi connectivity index (χ1) is 17.8. The minimum Gasteiger partial charge on any atom is -0.465 e. The van der Waals surface area contributed by atoms with Crippen molar-refractivity contribution in [3.05, 3.63) is 77.7 Å². The number of aliphatic hydroxyl groups is 1. The molecular formula is C26H27N5O5S. The number of hydrogen-bond acceptors (Lipinski definition) is 8. The number of ether oxygens (including phenoxy) is 1. The van der Waals surface area contributed by atoms with Gasteiger partial charge in [0.2, 0.25) is 10.0 Å². The average molecular weight is 522 g/mol. The zero-order valence-electron chi connectivity index (χ0n) is 20.2. The second kappa shape index (κ2) is 10.3. The molecule has 4 aromatic rings. The Morgan fingerprint density at radius 3 is 2.57 bits per heavy atom. The minimum absolute atomic E-state index is 0.219. The molecule has 11 heteroatoms. The number of aliphatic hydroxyl groups excluding tert-OH is 1. The van der Waals surface area contributed by atoms with Crippen molar-refractivity contribution < 1.29 is 23.1 Å². The zero-order valence-corrected chi connectivity index (χ0v) is 21.0. The Morgan fingerprint density at radius 1 is 1.11 bits per heavy atom. The van der Waals surface area contributed by atoms with Crippen molar-refractivity contribution in [2.24, 2.45) is 0 Å². The normalized spacial score (nSPS) is 15.1. The Labute approximate surface area is 214 Å². The number of carbonyl (C=O) groups excluding carboxylic acids is 1. The van der Waals surface area contributed by atoms with Crippen molar-refractivity contribution in [2.75, 3.05) is 25.5 Å². The van der Waals surface area contributed by atoms with Gasteiger partial charge >= 0.3 is 5.97 Å². The number of methoxy groups -OCH3 is 1. The van der Waals surface area contributed by atoms with Gasteiger partial charge in [-0.15, -0.1) is 0 Å². The fraction of sp³-hybridized carbons (Fsp3) is 0.269. The summed E-state index contributed by atoms with van der Waals surface area (Å²) in [5, 5.41) is 12.9. The molecule has 3 N–H and O–H groups in total. The fourth-order valence-electron chi connectivity index (χ4n) is 4.36. The van der Waals surface area contributed by atoms with Gasteiger partial charge in [0.1, 0.15) is 11.3 Å². The largest absolute Gasteiger partial charge is 0.465 e. The van der Waals surface area contributed by atoms with Gasteiger partial charge in [-0.2, -0.15) is 4.31 Å². The molecule has 192 valence electrons. The van der Waals surface area contributed by atoms with E-state index >= 15 is 0 Å². The number of anilines is 2. The number of piperidine rings is 1. The van der Waals surface area contributed by atoms with Crippen LogP contribution in [-0.4, -0.2) is 65.1 Å². The molecule has 5 rings (SSSR count). The molecule has 1 aliphatic rings. The van der Waals surface area contributed by atoms with Crippen LogP contribution in [0.5, 0.6) is 0 Å². The number of nitrogens with one attached hydrogen (secondary N) is 2. The topological polar surface area (TPSA) is 138 Å². The smallest absolute Gasteiger partial charge is 0.339 e. The Kier molecular flexibility index (Phi) is 6.92. The number of nitrogens with zero attached hydrogens (tertiary/aromatic N) is 3. The molecule has 0 radical (unpaired) electrons. The number of H-pyrrole nitrogens is 1. The average Bonchev–Trinajstić information content (AvgIpc) is 3.38. The van der Waals surface area contributed by atoms with Crippen LogP contribution < -0.4 is 5.32 Å². The van der Waals surface area contributed by atoms with Crippen LogP contribution in [0.1, 0.15) is 34.6 Å². The van der Waals surface area contributed by atoms with Crippen molar-refractivity contribution >= 4 is 38.5 Å². The number of hydrogen-bond donors (Lipinski definition) is 3. The van der Waals surface area contributed by atoms with Crippen molar-refractivity contribution in [1.82, 2.24) is 19.3 Å². The molecular weight excluding hydrogens is 494 g/mol. The summed E-state index contributed by atoms with van der Waals surface area (Å²) in [4.78, 5) is 24.9. The molecule has 0 bridgehead atoms. The van der Waals surface area contributed by atoms with Gasteiger partial charge < -0.3 is 20.1 Å². The minimum atomic E-state index is -3.61. The molecule has 0 aliphatic carbocycles. The molecule has 0 unspecified atom stereocenters. The van der Waals surface area contributed by atoms with E-state index in [1.165, 1.54) is 11.4 Å². The van der Waals surface area contributed by atoms with E-state index in [1.54, 1.807) is 48.7 Å². The maximum absolute atomic E-state index is 13.0.